The van der Waals surface area contributed by atoms with E-state index >= 15 is 0 Å². The molecule has 2 rings (SSSR count). The lowest BCUT2D eigenvalue weighted by molar-refractivity contribution is -0.118. The third-order valence-electron chi connectivity index (χ3n) is 3.17. The van der Waals surface area contributed by atoms with Gasteiger partial charge >= 0.3 is 0 Å². The number of Topliss-reactive ketones (excluding diaryl/α,β-unsaturated/α-hetero) is 1. The van der Waals surface area contributed by atoms with Crippen LogP contribution < -0.4 is 0 Å². The van der Waals surface area contributed by atoms with Gasteiger partial charge in [0.05, 0.1) is 11.1 Å². The molecule has 1 atom stereocenters. The fourth-order valence-corrected chi connectivity index (χ4v) is 2.38. The van der Waals surface area contributed by atoms with E-state index in [1.807, 2.05) is 0 Å². The Morgan fingerprint density at radius 3 is 2.05 bits per heavy atom. The molecule has 0 aromatic heterocycles. The molecule has 0 N–H and O–H groups in total. The molecule has 5 nitrogen and oxygen atoms in total. The summed E-state index contributed by atoms with van der Waals surface area (Å²) >= 11 is 5.48. The molecule has 1 heterocycles. The topological polar surface area (TPSA) is 71.5 Å². The molecule has 0 bridgehead atoms. The maximum atomic E-state index is 12.2. The van der Waals surface area contributed by atoms with E-state index in [4.69, 9.17) is 11.6 Å². The lowest BCUT2D eigenvalue weighted by Gasteiger charge is -2.22. The molecule has 104 valence electrons. The number of fused-ring (bicyclic) bond motifs is 1. The predicted molar refractivity (Wildman–Crippen MR) is 71.5 cm³/mol. The Hall–Kier alpha value is -2.01. The Kier molecular flexibility index (Phi) is 3.99. The third kappa shape index (κ3) is 2.49. The number of carbonyl (C=O) groups is 4. The molecule has 1 aromatic rings. The number of hydrogen-bond donors (Lipinski definition) is 0. The number of rotatable bonds is 5. The molecular formula is C14H12ClNO4. The van der Waals surface area contributed by atoms with Gasteiger partial charge in [0.1, 0.15) is 11.8 Å². The molecule has 1 aromatic carbocycles. The van der Waals surface area contributed by atoms with E-state index < -0.39 is 23.1 Å². The second-order valence-corrected chi connectivity index (χ2v) is 4.96. The number of ketones is 1. The Balaban J connectivity index is 2.32. The Morgan fingerprint density at radius 1 is 1.15 bits per heavy atom. The Labute approximate surface area is 120 Å². The van der Waals surface area contributed by atoms with Crippen LogP contribution in [0.25, 0.3) is 0 Å². The zero-order valence-electron chi connectivity index (χ0n) is 10.8. The SMILES string of the molecule is CC(=O)CCC(C(=O)Cl)N1C(=O)c2ccccc2C1=O. The van der Waals surface area contributed by atoms with Crippen LogP contribution in [0.1, 0.15) is 40.5 Å². The zero-order chi connectivity index (χ0) is 14.9. The van der Waals surface area contributed by atoms with E-state index in [-0.39, 0.29) is 29.8 Å². The van der Waals surface area contributed by atoms with Gasteiger partial charge < -0.3 is 4.79 Å². The van der Waals surface area contributed by atoms with Crippen LogP contribution in [0.5, 0.6) is 0 Å². The number of carbonyl (C=O) groups excluding carboxylic acids is 4. The minimum atomic E-state index is -1.10. The molecule has 0 radical (unpaired) electrons. The van der Waals surface area contributed by atoms with Crippen molar-refractivity contribution in [2.24, 2.45) is 0 Å². The molecule has 20 heavy (non-hydrogen) atoms. The lowest BCUT2D eigenvalue weighted by atomic mass is 10.1. The molecule has 1 aliphatic rings. The summed E-state index contributed by atoms with van der Waals surface area (Å²) < 4.78 is 0. The molecule has 0 aliphatic carbocycles. The zero-order valence-corrected chi connectivity index (χ0v) is 11.5. The molecule has 1 unspecified atom stereocenters. The first-order valence-corrected chi connectivity index (χ1v) is 6.47. The van der Waals surface area contributed by atoms with E-state index in [1.165, 1.54) is 19.1 Å². The summed E-state index contributed by atoms with van der Waals surface area (Å²) in [5.41, 5.74) is 0.506. The van der Waals surface area contributed by atoms with Gasteiger partial charge in [-0.3, -0.25) is 19.3 Å². The van der Waals surface area contributed by atoms with Crippen molar-refractivity contribution in [2.45, 2.75) is 25.8 Å². The fourth-order valence-electron chi connectivity index (χ4n) is 2.18. The number of imide groups is 1. The van der Waals surface area contributed by atoms with Crippen molar-refractivity contribution < 1.29 is 19.2 Å². The summed E-state index contributed by atoms with van der Waals surface area (Å²) in [4.78, 5) is 47.8. The average molecular weight is 294 g/mol. The van der Waals surface area contributed by atoms with Crippen LogP contribution in [0, 0.1) is 0 Å². The first-order valence-electron chi connectivity index (χ1n) is 6.09. The second kappa shape index (κ2) is 5.54. The Morgan fingerprint density at radius 2 is 1.65 bits per heavy atom. The van der Waals surface area contributed by atoms with E-state index in [1.54, 1.807) is 12.1 Å². The van der Waals surface area contributed by atoms with Crippen LogP contribution in [0.3, 0.4) is 0 Å². The highest BCUT2D eigenvalue weighted by atomic mass is 35.5. The summed E-state index contributed by atoms with van der Waals surface area (Å²) in [6.45, 7) is 1.37. The summed E-state index contributed by atoms with van der Waals surface area (Å²) in [7, 11) is 0. The van der Waals surface area contributed by atoms with Crippen LogP contribution in [-0.4, -0.2) is 33.8 Å². The lowest BCUT2D eigenvalue weighted by Crippen LogP contribution is -2.43. The highest BCUT2D eigenvalue weighted by Crippen LogP contribution is 2.26. The van der Waals surface area contributed by atoms with Gasteiger partial charge in [-0.2, -0.15) is 0 Å². The van der Waals surface area contributed by atoms with Gasteiger partial charge in [0.15, 0.2) is 0 Å². The van der Waals surface area contributed by atoms with E-state index in [0.717, 1.165) is 4.90 Å². The van der Waals surface area contributed by atoms with Gasteiger partial charge in [-0.05, 0) is 37.1 Å². The summed E-state index contributed by atoms with van der Waals surface area (Å²) in [6.07, 6.45) is 0.125. The highest BCUT2D eigenvalue weighted by molar-refractivity contribution is 6.65. The molecule has 0 fully saturated rings. The van der Waals surface area contributed by atoms with Crippen molar-refractivity contribution in [3.05, 3.63) is 35.4 Å². The maximum absolute atomic E-state index is 12.2. The second-order valence-electron chi connectivity index (χ2n) is 4.59. The standard InChI is InChI=1S/C14H12ClNO4/c1-8(17)6-7-11(12(15)18)16-13(19)9-4-2-3-5-10(9)14(16)20/h2-5,11H,6-7H2,1H3. The quantitative estimate of drug-likeness (QED) is 0.613. The number of benzene rings is 1. The van der Waals surface area contributed by atoms with Crippen molar-refractivity contribution in [2.75, 3.05) is 0 Å². The van der Waals surface area contributed by atoms with Gasteiger partial charge in [0, 0.05) is 6.42 Å². The fraction of sp³-hybridized carbons (Fsp3) is 0.286. The smallest absolute Gasteiger partial charge is 0.262 e. The first-order chi connectivity index (χ1) is 9.43. The largest absolute Gasteiger partial charge is 0.300 e. The van der Waals surface area contributed by atoms with Gasteiger partial charge in [0.25, 0.3) is 11.8 Å². The summed E-state index contributed by atoms with van der Waals surface area (Å²) in [5.74, 6) is -1.23. The number of amides is 2. The van der Waals surface area contributed by atoms with Crippen molar-refractivity contribution in [3.63, 3.8) is 0 Å². The van der Waals surface area contributed by atoms with Gasteiger partial charge in [0.2, 0.25) is 5.24 Å². The first kappa shape index (κ1) is 14.4. The van der Waals surface area contributed by atoms with Crippen LogP contribution in [-0.2, 0) is 9.59 Å². The van der Waals surface area contributed by atoms with Crippen LogP contribution in [0.15, 0.2) is 24.3 Å². The van der Waals surface area contributed by atoms with Gasteiger partial charge in [-0.1, -0.05) is 12.1 Å². The number of nitrogens with zero attached hydrogens (tertiary/aromatic N) is 1. The average Bonchev–Trinajstić information content (AvgIpc) is 2.64. The minimum absolute atomic E-state index is 0.0448. The van der Waals surface area contributed by atoms with Gasteiger partial charge in [-0.25, -0.2) is 0 Å². The predicted octanol–water partition coefficient (Wildman–Crippen LogP) is 1.79. The molecule has 1 aliphatic heterocycles. The van der Waals surface area contributed by atoms with Crippen molar-refractivity contribution >= 4 is 34.4 Å². The molecule has 0 saturated carbocycles. The van der Waals surface area contributed by atoms with Crippen molar-refractivity contribution in [1.82, 2.24) is 4.90 Å². The maximum Gasteiger partial charge on any atom is 0.262 e. The summed E-state index contributed by atoms with van der Waals surface area (Å²) in [6, 6.07) is 5.22. The third-order valence-corrected chi connectivity index (χ3v) is 3.42. The molecule has 2 amide bonds. The molecule has 6 heteroatoms. The van der Waals surface area contributed by atoms with E-state index in [9.17, 15) is 19.2 Å². The van der Waals surface area contributed by atoms with Gasteiger partial charge in [-0.15, -0.1) is 0 Å². The highest BCUT2D eigenvalue weighted by Gasteiger charge is 2.41. The molecule has 0 spiro atoms. The molecule has 0 saturated heterocycles. The van der Waals surface area contributed by atoms with Crippen LogP contribution >= 0.6 is 11.6 Å². The number of hydrogen-bond acceptors (Lipinski definition) is 4. The minimum Gasteiger partial charge on any atom is -0.300 e. The van der Waals surface area contributed by atoms with E-state index in [0.29, 0.717) is 0 Å². The van der Waals surface area contributed by atoms with Crippen molar-refractivity contribution in [1.29, 1.82) is 0 Å². The van der Waals surface area contributed by atoms with Crippen molar-refractivity contribution in [3.8, 4) is 0 Å². The monoisotopic (exact) mass is 293 g/mol. The van der Waals surface area contributed by atoms with Crippen LogP contribution in [0.4, 0.5) is 0 Å². The normalized spacial score (nSPS) is 15.2. The summed E-state index contributed by atoms with van der Waals surface area (Å²) in [5, 5.41) is -0.819. The van der Waals surface area contributed by atoms with E-state index in [2.05, 4.69) is 0 Å². The Bertz CT molecular complexity index is 576. The van der Waals surface area contributed by atoms with Crippen LogP contribution in [0.2, 0.25) is 0 Å². The molecular weight excluding hydrogens is 282 g/mol. The number of halogens is 1.